The molecule has 0 fully saturated rings. The first-order valence-electron chi connectivity index (χ1n) is 7.97. The van der Waals surface area contributed by atoms with Crippen molar-refractivity contribution in [3.8, 4) is 0 Å². The molecule has 0 spiro atoms. The van der Waals surface area contributed by atoms with Crippen LogP contribution in [0.15, 0.2) is 36.4 Å². The SMILES string of the molecule is CCCC(=O)Nc1ccc(Cl)c(NC(=O)c2ccc(C)c([N+](=O)[O-])c2)c1. The average Bonchev–Trinajstić information content (AvgIpc) is 2.58. The second-order valence-electron chi connectivity index (χ2n) is 5.71. The molecule has 0 heterocycles. The van der Waals surface area contributed by atoms with Crippen LogP contribution < -0.4 is 10.6 Å². The maximum Gasteiger partial charge on any atom is 0.273 e. The van der Waals surface area contributed by atoms with Gasteiger partial charge in [0.05, 0.1) is 15.6 Å². The summed E-state index contributed by atoms with van der Waals surface area (Å²) in [6.07, 6.45) is 1.10. The number of benzene rings is 2. The van der Waals surface area contributed by atoms with Crippen molar-refractivity contribution in [3.63, 3.8) is 0 Å². The van der Waals surface area contributed by atoms with Crippen LogP contribution in [0.3, 0.4) is 0 Å². The van der Waals surface area contributed by atoms with Crippen LogP contribution in [0, 0.1) is 17.0 Å². The van der Waals surface area contributed by atoms with E-state index in [-0.39, 0.29) is 22.2 Å². The number of nitrogens with one attached hydrogen (secondary N) is 2. The van der Waals surface area contributed by atoms with Gasteiger partial charge in [0.2, 0.25) is 5.91 Å². The average molecular weight is 376 g/mol. The van der Waals surface area contributed by atoms with Crippen molar-refractivity contribution in [1.82, 2.24) is 0 Å². The molecule has 2 rings (SSSR count). The van der Waals surface area contributed by atoms with Gasteiger partial charge < -0.3 is 10.6 Å². The summed E-state index contributed by atoms with van der Waals surface area (Å²) in [5, 5.41) is 16.6. The van der Waals surface area contributed by atoms with Gasteiger partial charge in [-0.3, -0.25) is 19.7 Å². The first-order valence-corrected chi connectivity index (χ1v) is 8.35. The summed E-state index contributed by atoms with van der Waals surface area (Å²) in [5.74, 6) is -0.673. The molecule has 0 radical (unpaired) electrons. The van der Waals surface area contributed by atoms with Crippen molar-refractivity contribution in [3.05, 3.63) is 62.7 Å². The number of hydrogen-bond donors (Lipinski definition) is 2. The van der Waals surface area contributed by atoms with Crippen molar-refractivity contribution in [2.75, 3.05) is 10.6 Å². The molecule has 136 valence electrons. The van der Waals surface area contributed by atoms with Gasteiger partial charge in [-0.1, -0.05) is 24.6 Å². The lowest BCUT2D eigenvalue weighted by molar-refractivity contribution is -0.385. The van der Waals surface area contributed by atoms with E-state index in [1.807, 2.05) is 6.92 Å². The van der Waals surface area contributed by atoms with Crippen LogP contribution in [0.4, 0.5) is 17.1 Å². The highest BCUT2D eigenvalue weighted by atomic mass is 35.5. The number of carbonyl (C=O) groups is 2. The number of rotatable bonds is 6. The van der Waals surface area contributed by atoms with Gasteiger partial charge in [0, 0.05) is 29.3 Å². The van der Waals surface area contributed by atoms with Crippen LogP contribution >= 0.6 is 11.6 Å². The number of nitro benzene ring substituents is 1. The zero-order valence-electron chi connectivity index (χ0n) is 14.3. The molecule has 0 unspecified atom stereocenters. The summed E-state index contributed by atoms with van der Waals surface area (Å²) in [6.45, 7) is 3.49. The summed E-state index contributed by atoms with van der Waals surface area (Å²) in [6, 6.07) is 8.94. The fourth-order valence-electron chi connectivity index (χ4n) is 2.29. The molecule has 2 N–H and O–H groups in total. The Morgan fingerprint density at radius 2 is 1.88 bits per heavy atom. The Morgan fingerprint density at radius 3 is 2.54 bits per heavy atom. The zero-order chi connectivity index (χ0) is 19.3. The van der Waals surface area contributed by atoms with Crippen molar-refractivity contribution in [2.45, 2.75) is 26.7 Å². The van der Waals surface area contributed by atoms with Crippen LogP contribution in [-0.2, 0) is 4.79 Å². The first kappa shape index (κ1) is 19.4. The van der Waals surface area contributed by atoms with Crippen LogP contribution in [0.5, 0.6) is 0 Å². The Hall–Kier alpha value is -2.93. The standard InChI is InChI=1S/C18H18ClN3O4/c1-3-4-17(23)20-13-7-8-14(19)15(10-13)21-18(24)12-6-5-11(2)16(9-12)22(25)26/h5-10H,3-4H2,1-2H3,(H,20,23)(H,21,24). The molecule has 0 saturated heterocycles. The predicted molar refractivity (Wildman–Crippen MR) is 101 cm³/mol. The summed E-state index contributed by atoms with van der Waals surface area (Å²) >= 11 is 6.10. The topological polar surface area (TPSA) is 101 Å². The van der Waals surface area contributed by atoms with Crippen molar-refractivity contribution in [1.29, 1.82) is 0 Å². The maximum atomic E-state index is 12.4. The Morgan fingerprint density at radius 1 is 1.15 bits per heavy atom. The quantitative estimate of drug-likeness (QED) is 0.571. The molecule has 2 aromatic rings. The minimum atomic E-state index is -0.539. The molecule has 0 saturated carbocycles. The number of carbonyl (C=O) groups excluding carboxylic acids is 2. The molecule has 0 atom stereocenters. The number of nitro groups is 1. The van der Waals surface area contributed by atoms with Crippen LogP contribution in [0.2, 0.25) is 5.02 Å². The molecule has 0 aliphatic heterocycles. The molecule has 0 aromatic heterocycles. The minimum absolute atomic E-state index is 0.135. The number of amides is 2. The molecule has 2 aromatic carbocycles. The van der Waals surface area contributed by atoms with E-state index in [4.69, 9.17) is 11.6 Å². The van der Waals surface area contributed by atoms with Gasteiger partial charge in [0.15, 0.2) is 0 Å². The number of aryl methyl sites for hydroxylation is 1. The van der Waals surface area contributed by atoms with E-state index < -0.39 is 10.8 Å². The molecule has 0 aliphatic carbocycles. The number of halogens is 1. The normalized spacial score (nSPS) is 10.3. The van der Waals surface area contributed by atoms with Gasteiger partial charge in [-0.15, -0.1) is 0 Å². The molecule has 0 bridgehead atoms. The molecule has 0 aliphatic rings. The number of nitrogens with zero attached hydrogens (tertiary/aromatic N) is 1. The van der Waals surface area contributed by atoms with Crippen molar-refractivity contribution >= 4 is 40.5 Å². The molecule has 2 amide bonds. The van der Waals surface area contributed by atoms with Crippen LogP contribution in [0.1, 0.15) is 35.7 Å². The summed E-state index contributed by atoms with van der Waals surface area (Å²) in [4.78, 5) is 34.6. The van der Waals surface area contributed by atoms with E-state index >= 15 is 0 Å². The Balaban J connectivity index is 2.22. The lowest BCUT2D eigenvalue weighted by atomic mass is 10.1. The molecule has 8 heteroatoms. The fourth-order valence-corrected chi connectivity index (χ4v) is 2.46. The van der Waals surface area contributed by atoms with Gasteiger partial charge in [-0.2, -0.15) is 0 Å². The van der Waals surface area contributed by atoms with Crippen LogP contribution in [-0.4, -0.2) is 16.7 Å². The third kappa shape index (κ3) is 4.80. The summed E-state index contributed by atoms with van der Waals surface area (Å²) in [7, 11) is 0. The van der Waals surface area contributed by atoms with E-state index in [9.17, 15) is 19.7 Å². The van der Waals surface area contributed by atoms with E-state index in [2.05, 4.69) is 10.6 Å². The highest BCUT2D eigenvalue weighted by Gasteiger charge is 2.16. The predicted octanol–water partition coefficient (Wildman–Crippen LogP) is 4.55. The smallest absolute Gasteiger partial charge is 0.273 e. The number of anilines is 2. The zero-order valence-corrected chi connectivity index (χ0v) is 15.1. The van der Waals surface area contributed by atoms with Gasteiger partial charge in [-0.25, -0.2) is 0 Å². The van der Waals surface area contributed by atoms with E-state index in [0.29, 0.717) is 23.4 Å². The largest absolute Gasteiger partial charge is 0.326 e. The summed E-state index contributed by atoms with van der Waals surface area (Å²) < 4.78 is 0. The van der Waals surface area contributed by atoms with Gasteiger partial charge in [0.25, 0.3) is 11.6 Å². The van der Waals surface area contributed by atoms with Crippen molar-refractivity contribution in [2.24, 2.45) is 0 Å². The Labute approximate surface area is 155 Å². The summed E-state index contributed by atoms with van der Waals surface area (Å²) in [5.41, 5.74) is 1.26. The van der Waals surface area contributed by atoms with E-state index in [1.165, 1.54) is 24.3 Å². The molecule has 26 heavy (non-hydrogen) atoms. The third-order valence-electron chi connectivity index (χ3n) is 3.64. The fraction of sp³-hybridized carbons (Fsp3) is 0.222. The highest BCUT2D eigenvalue weighted by molar-refractivity contribution is 6.34. The second-order valence-corrected chi connectivity index (χ2v) is 6.11. The number of hydrogen-bond acceptors (Lipinski definition) is 4. The molecular formula is C18H18ClN3O4. The Kier molecular flexibility index (Phi) is 6.30. The maximum absolute atomic E-state index is 12.4. The Bertz CT molecular complexity index is 868. The monoisotopic (exact) mass is 375 g/mol. The van der Waals surface area contributed by atoms with E-state index in [0.717, 1.165) is 6.42 Å². The lowest BCUT2D eigenvalue weighted by Crippen LogP contribution is -2.14. The van der Waals surface area contributed by atoms with Gasteiger partial charge in [-0.05, 0) is 37.6 Å². The first-order chi connectivity index (χ1) is 12.3. The van der Waals surface area contributed by atoms with Gasteiger partial charge >= 0.3 is 0 Å². The van der Waals surface area contributed by atoms with Crippen LogP contribution in [0.25, 0.3) is 0 Å². The highest BCUT2D eigenvalue weighted by Crippen LogP contribution is 2.27. The second kappa shape index (κ2) is 8.44. The van der Waals surface area contributed by atoms with Crippen molar-refractivity contribution < 1.29 is 14.5 Å². The third-order valence-corrected chi connectivity index (χ3v) is 3.97. The van der Waals surface area contributed by atoms with E-state index in [1.54, 1.807) is 19.1 Å². The molecular weight excluding hydrogens is 358 g/mol. The van der Waals surface area contributed by atoms with Gasteiger partial charge in [0.1, 0.15) is 0 Å². The minimum Gasteiger partial charge on any atom is -0.326 e. The lowest BCUT2D eigenvalue weighted by Gasteiger charge is -2.11. The molecule has 7 nitrogen and oxygen atoms in total.